The number of aromatic nitrogens is 4. The van der Waals surface area contributed by atoms with Crippen LogP contribution in [0.4, 0.5) is 10.5 Å². The van der Waals surface area contributed by atoms with Crippen molar-refractivity contribution < 1.29 is 23.9 Å². The summed E-state index contributed by atoms with van der Waals surface area (Å²) in [5.41, 5.74) is 2.16. The largest absolute Gasteiger partial charge is 0.444 e. The Hall–Kier alpha value is -3.12. The van der Waals surface area contributed by atoms with E-state index in [2.05, 4.69) is 55.3 Å². The first kappa shape index (κ1) is 36.7. The zero-order chi connectivity index (χ0) is 34.6. The van der Waals surface area contributed by atoms with Crippen molar-refractivity contribution >= 4 is 39.0 Å². The van der Waals surface area contributed by atoms with Gasteiger partial charge in [-0.2, -0.15) is 5.10 Å². The molecule has 0 bridgehead atoms. The molecule has 0 unspecified atom stereocenters. The fourth-order valence-electron chi connectivity index (χ4n) is 5.09. The minimum Gasteiger partial charge on any atom is -0.444 e. The van der Waals surface area contributed by atoms with Gasteiger partial charge in [0.05, 0.1) is 16.0 Å². The SMILES string of the molecule is CC(C)(C)OC(=O)N1CCN(Cc2ccc3nc(-c4nn(COCC[Si](C)(C)C)cc4[N+](=O)[O-])n(COCC[Si](C)(C)C)c3c2)CC1. The van der Waals surface area contributed by atoms with Gasteiger partial charge >= 0.3 is 11.8 Å². The van der Waals surface area contributed by atoms with Crippen molar-refractivity contribution in [1.29, 1.82) is 0 Å². The highest BCUT2D eigenvalue weighted by molar-refractivity contribution is 6.76. The van der Waals surface area contributed by atoms with E-state index in [9.17, 15) is 14.9 Å². The predicted octanol–water partition coefficient (Wildman–Crippen LogP) is 6.49. The maximum absolute atomic E-state index is 12.5. The van der Waals surface area contributed by atoms with Gasteiger partial charge in [0.1, 0.15) is 25.3 Å². The minimum absolute atomic E-state index is 0.125. The molecule has 0 radical (unpaired) electrons. The van der Waals surface area contributed by atoms with Crippen molar-refractivity contribution in [3.8, 4) is 11.5 Å². The smallest absolute Gasteiger partial charge is 0.410 e. The number of fused-ring (bicyclic) bond motifs is 1. The van der Waals surface area contributed by atoms with E-state index in [0.29, 0.717) is 44.2 Å². The van der Waals surface area contributed by atoms with Gasteiger partial charge in [-0.1, -0.05) is 45.3 Å². The molecule has 3 aromatic rings. The van der Waals surface area contributed by atoms with Gasteiger partial charge in [0.15, 0.2) is 5.82 Å². The minimum atomic E-state index is -1.32. The van der Waals surface area contributed by atoms with E-state index < -0.39 is 26.7 Å². The maximum atomic E-state index is 12.5. The molecule has 0 saturated carbocycles. The number of ether oxygens (including phenoxy) is 3. The Labute approximate surface area is 280 Å². The van der Waals surface area contributed by atoms with Crippen molar-refractivity contribution in [2.75, 3.05) is 39.4 Å². The first-order valence-electron chi connectivity index (χ1n) is 16.5. The topological polar surface area (TPSA) is 130 Å². The average Bonchev–Trinajstić information content (AvgIpc) is 3.53. The first-order valence-corrected chi connectivity index (χ1v) is 23.9. The lowest BCUT2D eigenvalue weighted by atomic mass is 10.1. The molecule has 13 nitrogen and oxygen atoms in total. The van der Waals surface area contributed by atoms with E-state index in [1.807, 2.05) is 37.5 Å². The lowest BCUT2D eigenvalue weighted by Crippen LogP contribution is -2.49. The van der Waals surface area contributed by atoms with Gasteiger partial charge in [0.2, 0.25) is 5.69 Å². The van der Waals surface area contributed by atoms with Gasteiger partial charge in [-0.15, -0.1) is 0 Å². The molecule has 0 N–H and O–H groups in total. The summed E-state index contributed by atoms with van der Waals surface area (Å²) in [7, 11) is -2.59. The number of amides is 1. The van der Waals surface area contributed by atoms with Crippen molar-refractivity contribution in [3.05, 3.63) is 40.1 Å². The Morgan fingerprint density at radius 3 is 2.15 bits per heavy atom. The fraction of sp³-hybridized carbons (Fsp3) is 0.656. The summed E-state index contributed by atoms with van der Waals surface area (Å²) in [4.78, 5) is 33.2. The van der Waals surface area contributed by atoms with Crippen LogP contribution in [-0.4, -0.2) is 101 Å². The normalized spacial score (nSPS) is 15.0. The summed E-state index contributed by atoms with van der Waals surface area (Å²) in [5.74, 6) is 0.392. The monoisotopic (exact) mass is 687 g/mol. The molecule has 15 heteroatoms. The van der Waals surface area contributed by atoms with Crippen LogP contribution >= 0.6 is 0 Å². The van der Waals surface area contributed by atoms with Crippen LogP contribution in [0.1, 0.15) is 26.3 Å². The third-order valence-electron chi connectivity index (χ3n) is 7.83. The number of rotatable bonds is 14. The van der Waals surface area contributed by atoms with Crippen LogP contribution in [0.2, 0.25) is 51.4 Å². The summed E-state index contributed by atoms with van der Waals surface area (Å²) in [6.45, 7) is 24.2. The second kappa shape index (κ2) is 15.0. The Balaban J connectivity index is 1.57. The third-order valence-corrected chi connectivity index (χ3v) is 11.2. The molecule has 0 atom stereocenters. The molecule has 1 aromatic carbocycles. The second-order valence-electron chi connectivity index (χ2n) is 15.8. The number of nitro groups is 1. The predicted molar refractivity (Wildman–Crippen MR) is 189 cm³/mol. The fourth-order valence-corrected chi connectivity index (χ4v) is 6.61. The summed E-state index contributed by atoms with van der Waals surface area (Å²) >= 11 is 0. The highest BCUT2D eigenvalue weighted by Crippen LogP contribution is 2.32. The highest BCUT2D eigenvalue weighted by atomic mass is 28.3. The van der Waals surface area contributed by atoms with E-state index in [4.69, 9.17) is 19.2 Å². The lowest BCUT2D eigenvalue weighted by Gasteiger charge is -2.35. The summed E-state index contributed by atoms with van der Waals surface area (Å²) in [6.07, 6.45) is 1.14. The number of hydrogen-bond acceptors (Lipinski definition) is 9. The van der Waals surface area contributed by atoms with E-state index in [0.717, 1.165) is 36.3 Å². The molecule has 260 valence electrons. The Morgan fingerprint density at radius 2 is 1.57 bits per heavy atom. The molecule has 1 aliphatic rings. The zero-order valence-electron chi connectivity index (χ0n) is 29.7. The second-order valence-corrected chi connectivity index (χ2v) is 27.0. The van der Waals surface area contributed by atoms with Crippen LogP contribution in [0.25, 0.3) is 22.6 Å². The number of imidazole rings is 1. The summed E-state index contributed by atoms with van der Waals surface area (Å²) in [5, 5.41) is 16.8. The standard InChI is InChI=1S/C32H53N7O6Si2/c1-32(2,3)45-31(40)36-14-12-35(13-15-36)21-25-10-11-26-27(20-25)38(24-44-17-19-47(7,8)9)30(33-26)29-28(39(41)42)22-37(34-29)23-43-16-18-46(4,5)6/h10-11,20,22H,12-19,21,23-24H2,1-9H3. The van der Waals surface area contributed by atoms with Gasteiger partial charge in [-0.25, -0.2) is 14.5 Å². The first-order chi connectivity index (χ1) is 21.9. The number of hydrogen-bond donors (Lipinski definition) is 0. The van der Waals surface area contributed by atoms with Crippen LogP contribution in [-0.2, 0) is 34.2 Å². The molecular weight excluding hydrogens is 635 g/mol. The van der Waals surface area contributed by atoms with Crippen LogP contribution in [0.5, 0.6) is 0 Å². The van der Waals surface area contributed by atoms with Crippen LogP contribution in [0.3, 0.4) is 0 Å². The molecule has 2 aromatic heterocycles. The number of carbonyl (C=O) groups is 1. The Kier molecular flexibility index (Phi) is 11.7. The van der Waals surface area contributed by atoms with E-state index >= 15 is 0 Å². The maximum Gasteiger partial charge on any atom is 0.410 e. The zero-order valence-corrected chi connectivity index (χ0v) is 31.7. The van der Waals surface area contributed by atoms with E-state index in [-0.39, 0.29) is 30.9 Å². The molecule has 4 rings (SSSR count). The molecule has 1 fully saturated rings. The number of nitrogens with zero attached hydrogens (tertiary/aromatic N) is 7. The van der Waals surface area contributed by atoms with Crippen molar-refractivity contribution in [2.24, 2.45) is 0 Å². The van der Waals surface area contributed by atoms with Crippen molar-refractivity contribution in [2.45, 2.75) is 97.7 Å². The summed E-state index contributed by atoms with van der Waals surface area (Å²) in [6, 6.07) is 8.06. The van der Waals surface area contributed by atoms with Crippen molar-refractivity contribution in [1.82, 2.24) is 29.1 Å². The highest BCUT2D eigenvalue weighted by Gasteiger charge is 2.28. The number of carbonyl (C=O) groups excluding carboxylic acids is 1. The van der Waals surface area contributed by atoms with Gasteiger partial charge in [0, 0.05) is 62.1 Å². The summed E-state index contributed by atoms with van der Waals surface area (Å²) < 4.78 is 20.9. The van der Waals surface area contributed by atoms with Crippen LogP contribution < -0.4 is 0 Å². The molecule has 1 amide bonds. The van der Waals surface area contributed by atoms with Gasteiger partial charge in [0.25, 0.3) is 0 Å². The molecule has 1 aliphatic heterocycles. The molecule has 0 aliphatic carbocycles. The number of benzene rings is 1. The quantitative estimate of drug-likeness (QED) is 0.0809. The van der Waals surface area contributed by atoms with Gasteiger partial charge in [-0.3, -0.25) is 19.6 Å². The van der Waals surface area contributed by atoms with E-state index in [1.54, 1.807) is 4.90 Å². The van der Waals surface area contributed by atoms with Gasteiger partial charge < -0.3 is 19.1 Å². The molecular formula is C32H53N7O6Si2. The van der Waals surface area contributed by atoms with E-state index in [1.165, 1.54) is 10.9 Å². The van der Waals surface area contributed by atoms with Gasteiger partial charge in [-0.05, 0) is 50.6 Å². The third kappa shape index (κ3) is 11.0. The molecule has 1 saturated heterocycles. The molecule has 47 heavy (non-hydrogen) atoms. The van der Waals surface area contributed by atoms with Crippen LogP contribution in [0.15, 0.2) is 24.4 Å². The number of piperazine rings is 1. The van der Waals surface area contributed by atoms with Crippen molar-refractivity contribution in [3.63, 3.8) is 0 Å². The average molecular weight is 688 g/mol. The Morgan fingerprint density at radius 1 is 0.957 bits per heavy atom. The molecule has 0 spiro atoms. The molecule has 3 heterocycles. The Bertz CT molecular complexity index is 1530. The lowest BCUT2D eigenvalue weighted by molar-refractivity contribution is -0.384. The van der Waals surface area contributed by atoms with Crippen LogP contribution in [0, 0.1) is 10.1 Å².